The molecular formula is C24H23ClN4O3. The molecule has 1 saturated heterocycles. The number of likely N-dealkylation sites (tertiary alicyclic amines) is 1. The molecule has 1 aliphatic rings. The van der Waals surface area contributed by atoms with E-state index < -0.39 is 0 Å². The van der Waals surface area contributed by atoms with Crippen LogP contribution >= 0.6 is 11.6 Å². The Hall–Kier alpha value is -3.16. The highest BCUT2D eigenvalue weighted by Crippen LogP contribution is 2.29. The van der Waals surface area contributed by atoms with Crippen LogP contribution in [-0.4, -0.2) is 40.0 Å². The molecule has 8 heteroatoms. The van der Waals surface area contributed by atoms with Crippen LogP contribution in [0.4, 0.5) is 0 Å². The molecule has 7 nitrogen and oxygen atoms in total. The molecule has 1 atom stereocenters. The number of hydrogen-bond donors (Lipinski definition) is 1. The minimum Gasteiger partial charge on any atom is -0.448 e. The minimum atomic E-state index is -0.372. The maximum atomic E-state index is 12.9. The summed E-state index contributed by atoms with van der Waals surface area (Å²) in [5.41, 5.74) is 1.90. The summed E-state index contributed by atoms with van der Waals surface area (Å²) in [5.74, 6) is -0.263. The molecule has 32 heavy (non-hydrogen) atoms. The first-order valence-corrected chi connectivity index (χ1v) is 11.1. The monoisotopic (exact) mass is 450 g/mol. The number of para-hydroxylation sites is 1. The van der Waals surface area contributed by atoms with Crippen molar-refractivity contribution in [3.05, 3.63) is 75.8 Å². The molecule has 2 aromatic heterocycles. The van der Waals surface area contributed by atoms with Crippen molar-refractivity contribution in [2.24, 2.45) is 0 Å². The Bertz CT molecular complexity index is 1340. The molecule has 0 saturated carbocycles. The zero-order valence-electron chi connectivity index (χ0n) is 17.5. The summed E-state index contributed by atoms with van der Waals surface area (Å²) in [7, 11) is 0. The Kier molecular flexibility index (Phi) is 5.68. The van der Waals surface area contributed by atoms with E-state index in [1.54, 1.807) is 6.07 Å². The van der Waals surface area contributed by atoms with Crippen LogP contribution in [0.5, 0.6) is 0 Å². The number of amides is 1. The fourth-order valence-electron chi connectivity index (χ4n) is 4.38. The van der Waals surface area contributed by atoms with Gasteiger partial charge in [-0.15, -0.1) is 0 Å². The third-order valence-electron chi connectivity index (χ3n) is 6.00. The number of nitrogens with zero attached hydrogens (tertiary/aromatic N) is 3. The molecule has 1 N–H and O–H groups in total. The first-order chi connectivity index (χ1) is 15.6. The molecular weight excluding hydrogens is 428 g/mol. The number of carbonyl (C=O) groups is 1. The number of benzene rings is 2. The van der Waals surface area contributed by atoms with E-state index in [-0.39, 0.29) is 29.6 Å². The van der Waals surface area contributed by atoms with E-state index in [1.165, 1.54) is 10.9 Å². The van der Waals surface area contributed by atoms with Crippen LogP contribution in [-0.2, 0) is 11.3 Å². The van der Waals surface area contributed by atoms with E-state index in [4.69, 9.17) is 16.0 Å². The first kappa shape index (κ1) is 20.7. The summed E-state index contributed by atoms with van der Waals surface area (Å²) >= 11 is 6.45. The van der Waals surface area contributed by atoms with Crippen LogP contribution in [0, 0.1) is 0 Å². The minimum absolute atomic E-state index is 0.0112. The van der Waals surface area contributed by atoms with Gasteiger partial charge in [-0.05, 0) is 49.7 Å². The molecule has 2 aromatic carbocycles. The van der Waals surface area contributed by atoms with E-state index in [2.05, 4.69) is 15.2 Å². The maximum absolute atomic E-state index is 12.9. The predicted octanol–water partition coefficient (Wildman–Crippen LogP) is 3.75. The van der Waals surface area contributed by atoms with Gasteiger partial charge in [0.2, 0.25) is 11.5 Å². The number of rotatable bonds is 6. The lowest BCUT2D eigenvalue weighted by Crippen LogP contribution is -2.39. The van der Waals surface area contributed by atoms with E-state index in [1.807, 2.05) is 42.5 Å². The SMILES string of the molecule is O=C(Cn1cnc2c(oc3ccccc32)c1=O)NC[C@@H](c1ccccc1Cl)N1CCCC1. The van der Waals surface area contributed by atoms with Crippen molar-refractivity contribution in [3.8, 4) is 0 Å². The highest BCUT2D eigenvalue weighted by Gasteiger charge is 2.25. The molecule has 5 rings (SSSR count). The quantitative estimate of drug-likeness (QED) is 0.484. The second-order valence-electron chi connectivity index (χ2n) is 8.04. The van der Waals surface area contributed by atoms with Crippen molar-refractivity contribution in [3.63, 3.8) is 0 Å². The standard InChI is InChI=1S/C24H23ClN4O3/c25-18-9-3-1-7-16(18)19(28-11-5-6-12-28)13-26-21(30)14-29-15-27-22-17-8-2-4-10-20(17)32-23(22)24(29)31/h1-4,7-10,15,19H,5-6,11-14H2,(H,26,30)/t19-/m0/s1. The first-order valence-electron chi connectivity index (χ1n) is 10.7. The molecule has 1 aliphatic heterocycles. The summed E-state index contributed by atoms with van der Waals surface area (Å²) in [6.07, 6.45) is 3.67. The van der Waals surface area contributed by atoms with Gasteiger partial charge in [0.1, 0.15) is 17.6 Å². The molecule has 0 unspecified atom stereocenters. The average Bonchev–Trinajstić information content (AvgIpc) is 3.46. The number of fused-ring (bicyclic) bond motifs is 3. The second-order valence-corrected chi connectivity index (χ2v) is 8.45. The molecule has 0 aliphatic carbocycles. The number of nitrogens with one attached hydrogen (secondary N) is 1. The summed E-state index contributed by atoms with van der Waals surface area (Å²) in [4.78, 5) is 32.3. The number of furan rings is 1. The van der Waals surface area contributed by atoms with E-state index >= 15 is 0 Å². The predicted molar refractivity (Wildman–Crippen MR) is 124 cm³/mol. The maximum Gasteiger partial charge on any atom is 0.297 e. The summed E-state index contributed by atoms with van der Waals surface area (Å²) in [6, 6.07) is 15.1. The Labute approximate surface area is 189 Å². The van der Waals surface area contributed by atoms with Gasteiger partial charge in [-0.1, -0.05) is 41.9 Å². The Morgan fingerprint density at radius 3 is 2.69 bits per heavy atom. The van der Waals surface area contributed by atoms with Gasteiger partial charge in [-0.3, -0.25) is 19.1 Å². The van der Waals surface area contributed by atoms with Gasteiger partial charge in [0, 0.05) is 17.0 Å². The number of aromatic nitrogens is 2. The lowest BCUT2D eigenvalue weighted by Gasteiger charge is -2.29. The van der Waals surface area contributed by atoms with E-state index in [0.717, 1.165) is 36.9 Å². The summed E-state index contributed by atoms with van der Waals surface area (Å²) in [6.45, 7) is 2.22. The molecule has 1 amide bonds. The fourth-order valence-corrected chi connectivity index (χ4v) is 4.65. The molecule has 3 heterocycles. The van der Waals surface area contributed by atoms with Gasteiger partial charge in [-0.25, -0.2) is 4.98 Å². The fraction of sp³-hybridized carbons (Fsp3) is 0.292. The highest BCUT2D eigenvalue weighted by atomic mass is 35.5. The van der Waals surface area contributed by atoms with Crippen LogP contribution in [0.15, 0.2) is 64.1 Å². The van der Waals surface area contributed by atoms with Crippen molar-refractivity contribution < 1.29 is 9.21 Å². The number of carbonyl (C=O) groups excluding carboxylic acids is 1. The van der Waals surface area contributed by atoms with Gasteiger partial charge >= 0.3 is 0 Å². The van der Waals surface area contributed by atoms with Crippen LogP contribution in [0.25, 0.3) is 22.1 Å². The second kappa shape index (κ2) is 8.76. The lowest BCUT2D eigenvalue weighted by atomic mass is 10.1. The van der Waals surface area contributed by atoms with Crippen molar-refractivity contribution in [2.75, 3.05) is 19.6 Å². The van der Waals surface area contributed by atoms with Crippen molar-refractivity contribution in [2.45, 2.75) is 25.4 Å². The van der Waals surface area contributed by atoms with Crippen molar-refractivity contribution in [1.29, 1.82) is 0 Å². The van der Waals surface area contributed by atoms with Crippen LogP contribution in [0.1, 0.15) is 24.4 Å². The third-order valence-corrected chi connectivity index (χ3v) is 6.35. The van der Waals surface area contributed by atoms with E-state index in [9.17, 15) is 9.59 Å². The van der Waals surface area contributed by atoms with Gasteiger partial charge in [0.15, 0.2) is 0 Å². The largest absolute Gasteiger partial charge is 0.448 e. The van der Waals surface area contributed by atoms with Gasteiger partial charge in [0.25, 0.3) is 5.56 Å². The summed E-state index contributed by atoms with van der Waals surface area (Å²) < 4.78 is 6.97. The van der Waals surface area contributed by atoms with Gasteiger partial charge in [0.05, 0.1) is 12.4 Å². The Balaban J connectivity index is 1.34. The van der Waals surface area contributed by atoms with Crippen molar-refractivity contribution >= 4 is 39.6 Å². The molecule has 0 bridgehead atoms. The van der Waals surface area contributed by atoms with Crippen LogP contribution in [0.2, 0.25) is 5.02 Å². The third kappa shape index (κ3) is 3.89. The highest BCUT2D eigenvalue weighted by molar-refractivity contribution is 6.31. The topological polar surface area (TPSA) is 80.4 Å². The molecule has 1 fully saturated rings. The molecule has 0 radical (unpaired) electrons. The van der Waals surface area contributed by atoms with Crippen LogP contribution < -0.4 is 10.9 Å². The normalized spacial score (nSPS) is 15.4. The zero-order valence-corrected chi connectivity index (χ0v) is 18.2. The smallest absolute Gasteiger partial charge is 0.297 e. The zero-order chi connectivity index (χ0) is 22.1. The van der Waals surface area contributed by atoms with Gasteiger partial charge < -0.3 is 9.73 Å². The van der Waals surface area contributed by atoms with Gasteiger partial charge in [-0.2, -0.15) is 0 Å². The summed E-state index contributed by atoms with van der Waals surface area (Å²) in [5, 5.41) is 4.45. The number of hydrogen-bond acceptors (Lipinski definition) is 5. The molecule has 0 spiro atoms. The lowest BCUT2D eigenvalue weighted by molar-refractivity contribution is -0.122. The molecule has 4 aromatic rings. The molecule has 164 valence electrons. The van der Waals surface area contributed by atoms with Crippen LogP contribution in [0.3, 0.4) is 0 Å². The van der Waals surface area contributed by atoms with E-state index in [0.29, 0.717) is 22.7 Å². The Morgan fingerprint density at radius 2 is 1.88 bits per heavy atom. The number of halogens is 1. The Morgan fingerprint density at radius 1 is 1.12 bits per heavy atom. The average molecular weight is 451 g/mol. The van der Waals surface area contributed by atoms with Crippen molar-refractivity contribution in [1.82, 2.24) is 19.8 Å².